The lowest BCUT2D eigenvalue weighted by molar-refractivity contribution is -0.118. The normalized spacial score (nSPS) is 12.8. The number of hydrogen-bond acceptors (Lipinski definition) is 3. The Morgan fingerprint density at radius 3 is 2.12 bits per heavy atom. The molecular weight excluding hydrogens is 439 g/mol. The van der Waals surface area contributed by atoms with E-state index in [2.05, 4.69) is 32.6 Å². The van der Waals surface area contributed by atoms with Crippen molar-refractivity contribution in [2.24, 2.45) is 5.92 Å². The Morgan fingerprint density at radius 2 is 1.58 bits per heavy atom. The molecule has 2 rings (SSSR count). The smallest absolute Gasteiger partial charge is 0.242 e. The minimum atomic E-state index is -3.76. The van der Waals surface area contributed by atoms with Crippen molar-refractivity contribution in [1.82, 2.24) is 4.72 Å². The van der Waals surface area contributed by atoms with Crippen LogP contribution in [0.2, 0.25) is 0 Å². The lowest BCUT2D eigenvalue weighted by atomic mass is 10.0. The van der Waals surface area contributed by atoms with Gasteiger partial charge in [-0.1, -0.05) is 32.0 Å². The number of rotatable bonds is 6. The molecule has 0 aliphatic carbocycles. The Kier molecular flexibility index (Phi) is 6.36. The highest BCUT2D eigenvalue weighted by Crippen LogP contribution is 2.15. The minimum absolute atomic E-state index is 0.137. The molecule has 0 spiro atoms. The first-order valence-corrected chi connectivity index (χ1v) is 9.99. The van der Waals surface area contributed by atoms with Gasteiger partial charge in [0.25, 0.3) is 0 Å². The van der Waals surface area contributed by atoms with Crippen molar-refractivity contribution >= 4 is 44.2 Å². The number of hydrogen-bond donors (Lipinski definition) is 2. The quantitative estimate of drug-likeness (QED) is 0.653. The van der Waals surface area contributed by atoms with Gasteiger partial charge in [-0.2, -0.15) is 4.72 Å². The molecular formula is C17H19IN2O3S. The molecule has 128 valence electrons. The van der Waals surface area contributed by atoms with Crippen LogP contribution in [0.15, 0.2) is 59.5 Å². The lowest BCUT2D eigenvalue weighted by Crippen LogP contribution is -2.47. The molecule has 7 heteroatoms. The Bertz CT molecular complexity index is 790. The van der Waals surface area contributed by atoms with Gasteiger partial charge in [-0.15, -0.1) is 0 Å². The average Bonchev–Trinajstić information content (AvgIpc) is 2.55. The molecule has 1 atom stereocenters. The summed E-state index contributed by atoms with van der Waals surface area (Å²) in [6.45, 7) is 3.59. The van der Waals surface area contributed by atoms with Crippen molar-refractivity contribution < 1.29 is 13.2 Å². The third-order valence-electron chi connectivity index (χ3n) is 3.40. The Hall–Kier alpha value is -1.45. The zero-order valence-electron chi connectivity index (χ0n) is 13.4. The van der Waals surface area contributed by atoms with E-state index in [1.54, 1.807) is 44.2 Å². The van der Waals surface area contributed by atoms with Gasteiger partial charge in [0.15, 0.2) is 0 Å². The van der Waals surface area contributed by atoms with E-state index in [9.17, 15) is 13.2 Å². The van der Waals surface area contributed by atoms with E-state index in [0.29, 0.717) is 5.69 Å². The van der Waals surface area contributed by atoms with Crippen LogP contribution in [0.4, 0.5) is 5.69 Å². The van der Waals surface area contributed by atoms with E-state index in [0.717, 1.165) is 3.57 Å². The van der Waals surface area contributed by atoms with Gasteiger partial charge in [-0.05, 0) is 64.9 Å². The average molecular weight is 458 g/mol. The van der Waals surface area contributed by atoms with E-state index in [4.69, 9.17) is 0 Å². The summed E-state index contributed by atoms with van der Waals surface area (Å²) in [5.41, 5.74) is 0.630. The van der Waals surface area contributed by atoms with Crippen molar-refractivity contribution in [3.63, 3.8) is 0 Å². The van der Waals surface area contributed by atoms with Crippen molar-refractivity contribution in [3.8, 4) is 0 Å². The van der Waals surface area contributed by atoms with Gasteiger partial charge in [0, 0.05) is 9.26 Å². The van der Waals surface area contributed by atoms with E-state index in [1.165, 1.54) is 12.1 Å². The molecule has 2 N–H and O–H groups in total. The van der Waals surface area contributed by atoms with E-state index in [1.807, 2.05) is 12.1 Å². The predicted molar refractivity (Wildman–Crippen MR) is 103 cm³/mol. The van der Waals surface area contributed by atoms with Crippen LogP contribution >= 0.6 is 22.6 Å². The van der Waals surface area contributed by atoms with Gasteiger partial charge < -0.3 is 5.32 Å². The highest BCUT2D eigenvalue weighted by Gasteiger charge is 2.28. The summed E-state index contributed by atoms with van der Waals surface area (Å²) in [4.78, 5) is 12.6. The van der Waals surface area contributed by atoms with Crippen LogP contribution in [0.1, 0.15) is 13.8 Å². The highest BCUT2D eigenvalue weighted by atomic mass is 127. The molecule has 1 unspecified atom stereocenters. The molecule has 0 heterocycles. The standard InChI is InChI=1S/C17H19IN2O3S/c1-12(2)16(17(21)19-14-10-8-13(18)9-11-14)20-24(22,23)15-6-4-3-5-7-15/h3-12,16,20H,1-2H3,(H,19,21). The molecule has 0 fully saturated rings. The molecule has 0 aliphatic rings. The highest BCUT2D eigenvalue weighted by molar-refractivity contribution is 14.1. The van der Waals surface area contributed by atoms with Crippen molar-refractivity contribution in [2.45, 2.75) is 24.8 Å². The molecule has 0 aliphatic heterocycles. The van der Waals surface area contributed by atoms with Crippen LogP contribution in [0.25, 0.3) is 0 Å². The summed E-state index contributed by atoms with van der Waals surface area (Å²) in [6.07, 6.45) is 0. The molecule has 0 radical (unpaired) electrons. The lowest BCUT2D eigenvalue weighted by Gasteiger charge is -2.21. The van der Waals surface area contributed by atoms with Gasteiger partial charge in [0.2, 0.25) is 15.9 Å². The van der Waals surface area contributed by atoms with Gasteiger partial charge >= 0.3 is 0 Å². The topological polar surface area (TPSA) is 75.3 Å². The SMILES string of the molecule is CC(C)C(NS(=O)(=O)c1ccccc1)C(=O)Nc1ccc(I)cc1. The van der Waals surface area contributed by atoms with Crippen LogP contribution in [0, 0.1) is 9.49 Å². The number of benzene rings is 2. The first-order valence-electron chi connectivity index (χ1n) is 7.43. The number of anilines is 1. The third-order valence-corrected chi connectivity index (χ3v) is 5.57. The molecule has 0 bridgehead atoms. The van der Waals surface area contributed by atoms with Crippen LogP contribution < -0.4 is 10.0 Å². The number of carbonyl (C=O) groups is 1. The molecule has 2 aromatic carbocycles. The molecule has 24 heavy (non-hydrogen) atoms. The molecule has 0 saturated heterocycles. The molecule has 0 aromatic heterocycles. The molecule has 0 saturated carbocycles. The zero-order valence-corrected chi connectivity index (χ0v) is 16.3. The fourth-order valence-electron chi connectivity index (χ4n) is 2.08. The number of halogens is 1. The number of carbonyl (C=O) groups excluding carboxylic acids is 1. The van der Waals surface area contributed by atoms with Gasteiger partial charge in [0.05, 0.1) is 4.90 Å². The molecule has 5 nitrogen and oxygen atoms in total. The van der Waals surface area contributed by atoms with E-state index in [-0.39, 0.29) is 16.7 Å². The summed E-state index contributed by atoms with van der Waals surface area (Å²) in [5, 5.41) is 2.76. The van der Waals surface area contributed by atoms with Crippen molar-refractivity contribution in [3.05, 3.63) is 58.2 Å². The van der Waals surface area contributed by atoms with Crippen molar-refractivity contribution in [1.29, 1.82) is 0 Å². The maximum absolute atomic E-state index is 12.5. The Balaban J connectivity index is 2.17. The summed E-state index contributed by atoms with van der Waals surface area (Å²) in [6, 6.07) is 14.5. The third kappa shape index (κ3) is 5.02. The maximum atomic E-state index is 12.5. The summed E-state index contributed by atoms with van der Waals surface area (Å²) in [7, 11) is -3.76. The fourth-order valence-corrected chi connectivity index (χ4v) is 3.81. The van der Waals surface area contributed by atoms with Gasteiger partial charge in [-0.3, -0.25) is 4.79 Å². The van der Waals surface area contributed by atoms with Crippen LogP contribution in [0.5, 0.6) is 0 Å². The molecule has 1 amide bonds. The largest absolute Gasteiger partial charge is 0.325 e. The second-order valence-corrected chi connectivity index (χ2v) is 8.61. The molecule has 2 aromatic rings. The number of sulfonamides is 1. The number of nitrogens with one attached hydrogen (secondary N) is 2. The Labute approximate surface area is 156 Å². The van der Waals surface area contributed by atoms with Gasteiger partial charge in [-0.25, -0.2) is 8.42 Å². The monoisotopic (exact) mass is 458 g/mol. The first kappa shape index (κ1) is 18.9. The van der Waals surface area contributed by atoms with Crippen LogP contribution in [0.3, 0.4) is 0 Å². The zero-order chi connectivity index (χ0) is 17.7. The maximum Gasteiger partial charge on any atom is 0.242 e. The second-order valence-electron chi connectivity index (χ2n) is 5.65. The predicted octanol–water partition coefficient (Wildman–Crippen LogP) is 3.23. The fraction of sp³-hybridized carbons (Fsp3) is 0.235. The summed E-state index contributed by atoms with van der Waals surface area (Å²) in [5.74, 6) is -0.585. The Morgan fingerprint density at radius 1 is 1.00 bits per heavy atom. The minimum Gasteiger partial charge on any atom is -0.325 e. The van der Waals surface area contributed by atoms with Gasteiger partial charge in [0.1, 0.15) is 6.04 Å². The van der Waals surface area contributed by atoms with Crippen LogP contribution in [-0.4, -0.2) is 20.4 Å². The second kappa shape index (κ2) is 8.09. The number of amides is 1. The van der Waals surface area contributed by atoms with E-state index >= 15 is 0 Å². The van der Waals surface area contributed by atoms with Crippen molar-refractivity contribution in [2.75, 3.05) is 5.32 Å². The van der Waals surface area contributed by atoms with E-state index < -0.39 is 16.1 Å². The van der Waals surface area contributed by atoms with Crippen LogP contribution in [-0.2, 0) is 14.8 Å². The summed E-state index contributed by atoms with van der Waals surface area (Å²) < 4.78 is 28.5. The first-order chi connectivity index (χ1) is 11.3. The summed E-state index contributed by atoms with van der Waals surface area (Å²) >= 11 is 2.17.